The molecule has 3 rings (SSSR count). The van der Waals surface area contributed by atoms with E-state index in [0.29, 0.717) is 13.1 Å². The van der Waals surface area contributed by atoms with Gasteiger partial charge in [0.05, 0.1) is 0 Å². The third kappa shape index (κ3) is 4.07. The van der Waals surface area contributed by atoms with Gasteiger partial charge in [-0.15, -0.1) is 0 Å². The van der Waals surface area contributed by atoms with Crippen LogP contribution >= 0.6 is 0 Å². The van der Waals surface area contributed by atoms with E-state index in [-0.39, 0.29) is 11.4 Å². The van der Waals surface area contributed by atoms with Gasteiger partial charge in [-0.25, -0.2) is 14.8 Å². The first kappa shape index (κ1) is 17.2. The van der Waals surface area contributed by atoms with Crippen molar-refractivity contribution in [3.8, 4) is 0 Å². The summed E-state index contributed by atoms with van der Waals surface area (Å²) in [5.74, 6) is 0.723. The van der Waals surface area contributed by atoms with Gasteiger partial charge in [0.25, 0.3) is 0 Å². The molecule has 0 aliphatic carbocycles. The third-order valence-corrected chi connectivity index (χ3v) is 4.38. The molecular formula is C19H25N5O. The van der Waals surface area contributed by atoms with Crippen LogP contribution in [0.4, 0.5) is 16.4 Å². The van der Waals surface area contributed by atoms with Crippen molar-refractivity contribution in [3.63, 3.8) is 0 Å². The number of nitrogens with one attached hydrogen (secondary N) is 1. The minimum Gasteiger partial charge on any atom is -0.337 e. The summed E-state index contributed by atoms with van der Waals surface area (Å²) >= 11 is 0. The quantitative estimate of drug-likeness (QED) is 0.913. The van der Waals surface area contributed by atoms with Gasteiger partial charge in [0.15, 0.2) is 0 Å². The van der Waals surface area contributed by atoms with Crippen LogP contribution in [0.5, 0.6) is 0 Å². The second kappa shape index (κ2) is 7.09. The molecule has 2 amide bonds. The number of piperazine rings is 1. The lowest BCUT2D eigenvalue weighted by atomic mass is 9.86. The van der Waals surface area contributed by atoms with Crippen LogP contribution in [0, 0.1) is 0 Å². The molecule has 1 saturated heterocycles. The number of hydrogen-bond acceptors (Lipinski definition) is 4. The molecule has 0 bridgehead atoms. The largest absolute Gasteiger partial charge is 0.337 e. The second-order valence-electron chi connectivity index (χ2n) is 7.25. The second-order valence-corrected chi connectivity index (χ2v) is 7.25. The number of benzene rings is 1. The SMILES string of the molecule is CC(C)(C)c1ccccc1NC(=O)N1CCN(c2ncccn2)CC1. The Morgan fingerprint density at radius 3 is 2.28 bits per heavy atom. The van der Waals surface area contributed by atoms with Crippen molar-refractivity contribution >= 4 is 17.7 Å². The fourth-order valence-corrected chi connectivity index (χ4v) is 3.00. The summed E-state index contributed by atoms with van der Waals surface area (Å²) in [5, 5.41) is 3.08. The predicted molar refractivity (Wildman–Crippen MR) is 100.0 cm³/mol. The number of hydrogen-bond donors (Lipinski definition) is 1. The number of carbonyl (C=O) groups is 1. The van der Waals surface area contributed by atoms with Crippen LogP contribution in [-0.2, 0) is 5.41 Å². The zero-order valence-corrected chi connectivity index (χ0v) is 15.1. The molecular weight excluding hydrogens is 314 g/mol. The Balaban J connectivity index is 1.63. The molecule has 0 radical (unpaired) electrons. The summed E-state index contributed by atoms with van der Waals surface area (Å²) in [4.78, 5) is 25.2. The smallest absolute Gasteiger partial charge is 0.321 e. The van der Waals surface area contributed by atoms with Crippen LogP contribution in [0.2, 0.25) is 0 Å². The first-order chi connectivity index (χ1) is 11.9. The zero-order chi connectivity index (χ0) is 17.9. The van der Waals surface area contributed by atoms with Gasteiger partial charge in [-0.2, -0.15) is 0 Å². The number of nitrogens with zero attached hydrogens (tertiary/aromatic N) is 4. The molecule has 0 spiro atoms. The summed E-state index contributed by atoms with van der Waals surface area (Å²) in [5.41, 5.74) is 2.00. The molecule has 2 aromatic rings. The standard InChI is InChI=1S/C19H25N5O/c1-19(2,3)15-7-4-5-8-16(15)22-18(25)24-13-11-23(12-14-24)17-20-9-6-10-21-17/h4-10H,11-14H2,1-3H3,(H,22,25). The van der Waals surface area contributed by atoms with E-state index in [2.05, 4.69) is 47.0 Å². The molecule has 6 nitrogen and oxygen atoms in total. The normalized spacial score (nSPS) is 15.2. The fourth-order valence-electron chi connectivity index (χ4n) is 3.00. The highest BCUT2D eigenvalue weighted by molar-refractivity contribution is 5.90. The minimum atomic E-state index is -0.0506. The maximum atomic E-state index is 12.7. The fraction of sp³-hybridized carbons (Fsp3) is 0.421. The highest BCUT2D eigenvalue weighted by Gasteiger charge is 2.24. The molecule has 1 fully saturated rings. The van der Waals surface area contributed by atoms with Crippen LogP contribution in [0.15, 0.2) is 42.7 Å². The Hall–Kier alpha value is -2.63. The summed E-state index contributed by atoms with van der Waals surface area (Å²) in [6, 6.07) is 9.75. The van der Waals surface area contributed by atoms with Crippen LogP contribution in [0.3, 0.4) is 0 Å². The minimum absolute atomic E-state index is 0.0206. The van der Waals surface area contributed by atoms with E-state index < -0.39 is 0 Å². The average molecular weight is 339 g/mol. The molecule has 2 heterocycles. The van der Waals surface area contributed by atoms with Gasteiger partial charge >= 0.3 is 6.03 Å². The van der Waals surface area contributed by atoms with Crippen molar-refractivity contribution in [1.29, 1.82) is 0 Å². The molecule has 1 N–H and O–H groups in total. The number of urea groups is 1. The number of amides is 2. The van der Waals surface area contributed by atoms with E-state index >= 15 is 0 Å². The average Bonchev–Trinajstić information content (AvgIpc) is 2.62. The van der Waals surface area contributed by atoms with Gasteiger partial charge in [0.2, 0.25) is 5.95 Å². The van der Waals surface area contributed by atoms with Crippen LogP contribution < -0.4 is 10.2 Å². The Bertz CT molecular complexity index is 718. The van der Waals surface area contributed by atoms with E-state index in [1.54, 1.807) is 18.5 Å². The maximum Gasteiger partial charge on any atom is 0.321 e. The first-order valence-corrected chi connectivity index (χ1v) is 8.62. The highest BCUT2D eigenvalue weighted by atomic mass is 16.2. The van der Waals surface area contributed by atoms with E-state index in [4.69, 9.17) is 0 Å². The molecule has 1 aliphatic rings. The number of aromatic nitrogens is 2. The molecule has 1 aromatic heterocycles. The lowest BCUT2D eigenvalue weighted by Gasteiger charge is -2.35. The summed E-state index contributed by atoms with van der Waals surface area (Å²) in [7, 11) is 0. The van der Waals surface area contributed by atoms with Gasteiger partial charge < -0.3 is 15.1 Å². The lowest BCUT2D eigenvalue weighted by molar-refractivity contribution is 0.208. The van der Waals surface area contributed by atoms with Crippen molar-refractivity contribution in [2.75, 3.05) is 36.4 Å². The van der Waals surface area contributed by atoms with Crippen molar-refractivity contribution in [2.45, 2.75) is 26.2 Å². The Labute approximate surface area is 148 Å². The Kier molecular flexibility index (Phi) is 4.88. The van der Waals surface area contributed by atoms with Crippen LogP contribution in [0.1, 0.15) is 26.3 Å². The van der Waals surface area contributed by atoms with Gasteiger partial charge in [-0.3, -0.25) is 0 Å². The van der Waals surface area contributed by atoms with Gasteiger partial charge in [0, 0.05) is 44.3 Å². The van der Waals surface area contributed by atoms with Crippen LogP contribution in [0.25, 0.3) is 0 Å². The van der Waals surface area contributed by atoms with Crippen molar-refractivity contribution in [3.05, 3.63) is 48.3 Å². The monoisotopic (exact) mass is 339 g/mol. The van der Waals surface area contributed by atoms with Crippen molar-refractivity contribution < 1.29 is 4.79 Å². The first-order valence-electron chi connectivity index (χ1n) is 8.62. The maximum absolute atomic E-state index is 12.7. The topological polar surface area (TPSA) is 61.4 Å². The Morgan fingerprint density at radius 2 is 1.64 bits per heavy atom. The molecule has 132 valence electrons. The molecule has 25 heavy (non-hydrogen) atoms. The van der Waals surface area contributed by atoms with Crippen LogP contribution in [-0.4, -0.2) is 47.1 Å². The lowest BCUT2D eigenvalue weighted by Crippen LogP contribution is -2.50. The predicted octanol–water partition coefficient (Wildman–Crippen LogP) is 3.13. The van der Waals surface area contributed by atoms with E-state index in [0.717, 1.165) is 30.3 Å². The van der Waals surface area contributed by atoms with Gasteiger partial charge in [-0.1, -0.05) is 39.0 Å². The van der Waals surface area contributed by atoms with Gasteiger partial charge in [-0.05, 0) is 23.1 Å². The van der Waals surface area contributed by atoms with Crippen molar-refractivity contribution in [2.24, 2.45) is 0 Å². The van der Waals surface area contributed by atoms with E-state index in [1.165, 1.54) is 0 Å². The Morgan fingerprint density at radius 1 is 1.00 bits per heavy atom. The number of anilines is 2. The highest BCUT2D eigenvalue weighted by Crippen LogP contribution is 2.29. The molecule has 1 aliphatic heterocycles. The molecule has 6 heteroatoms. The summed E-state index contributed by atoms with van der Waals surface area (Å²) in [6.07, 6.45) is 3.48. The molecule has 0 unspecified atom stereocenters. The third-order valence-electron chi connectivity index (χ3n) is 4.38. The van der Waals surface area contributed by atoms with Gasteiger partial charge in [0.1, 0.15) is 0 Å². The number of rotatable bonds is 2. The van der Waals surface area contributed by atoms with E-state index in [1.807, 2.05) is 23.1 Å². The molecule has 1 aromatic carbocycles. The van der Waals surface area contributed by atoms with E-state index in [9.17, 15) is 4.79 Å². The zero-order valence-electron chi connectivity index (χ0n) is 15.1. The van der Waals surface area contributed by atoms with Crippen molar-refractivity contribution in [1.82, 2.24) is 14.9 Å². The molecule has 0 saturated carbocycles. The number of carbonyl (C=O) groups excluding carboxylic acids is 1. The number of para-hydroxylation sites is 1. The molecule has 0 atom stereocenters. The summed E-state index contributed by atoms with van der Waals surface area (Å²) in [6.45, 7) is 9.23. The summed E-state index contributed by atoms with van der Waals surface area (Å²) < 4.78 is 0.